The summed E-state index contributed by atoms with van der Waals surface area (Å²) >= 11 is 5.92. The molecule has 4 nitrogen and oxygen atoms in total. The van der Waals surface area contributed by atoms with Gasteiger partial charge in [-0.05, 0) is 38.3 Å². The van der Waals surface area contributed by atoms with Crippen LogP contribution in [0.2, 0.25) is 5.15 Å². The van der Waals surface area contributed by atoms with E-state index in [1.807, 2.05) is 13.8 Å². The average molecular weight is 284 g/mol. The summed E-state index contributed by atoms with van der Waals surface area (Å²) in [5.41, 5.74) is 0.534. The molecule has 19 heavy (non-hydrogen) atoms. The van der Waals surface area contributed by atoms with Crippen LogP contribution in [0.4, 0.5) is 5.82 Å². The number of anilines is 1. The SMILES string of the molecule is CCNc1cc(C(=O)NC(C)CC(C)C)cc(Cl)n1. The molecule has 1 atom stereocenters. The van der Waals surface area contributed by atoms with Crippen molar-refractivity contribution in [3.05, 3.63) is 22.8 Å². The number of carbonyl (C=O) groups excluding carboxylic acids is 1. The molecule has 0 fully saturated rings. The predicted octanol–water partition coefficient (Wildman–Crippen LogP) is 3.33. The second-order valence-corrected chi connectivity index (χ2v) is 5.49. The average Bonchev–Trinajstić information content (AvgIpc) is 2.27. The van der Waals surface area contributed by atoms with Crippen LogP contribution >= 0.6 is 11.6 Å². The van der Waals surface area contributed by atoms with Crippen LogP contribution in [0.3, 0.4) is 0 Å². The lowest BCUT2D eigenvalue weighted by atomic mass is 10.0. The molecule has 0 radical (unpaired) electrons. The van der Waals surface area contributed by atoms with E-state index < -0.39 is 0 Å². The van der Waals surface area contributed by atoms with Gasteiger partial charge in [-0.2, -0.15) is 0 Å². The molecule has 1 unspecified atom stereocenters. The van der Waals surface area contributed by atoms with E-state index in [0.717, 1.165) is 13.0 Å². The van der Waals surface area contributed by atoms with E-state index in [1.165, 1.54) is 0 Å². The van der Waals surface area contributed by atoms with Crippen molar-refractivity contribution >= 4 is 23.3 Å². The lowest BCUT2D eigenvalue weighted by Crippen LogP contribution is -2.33. The van der Waals surface area contributed by atoms with Gasteiger partial charge in [0.1, 0.15) is 11.0 Å². The largest absolute Gasteiger partial charge is 0.370 e. The molecule has 0 bridgehead atoms. The molecule has 1 aromatic heterocycles. The van der Waals surface area contributed by atoms with E-state index in [2.05, 4.69) is 29.5 Å². The summed E-state index contributed by atoms with van der Waals surface area (Å²) in [5.74, 6) is 1.06. The van der Waals surface area contributed by atoms with Gasteiger partial charge in [-0.15, -0.1) is 0 Å². The second kappa shape index (κ2) is 7.34. The normalized spacial score (nSPS) is 12.3. The van der Waals surface area contributed by atoms with E-state index in [4.69, 9.17) is 11.6 Å². The number of amides is 1. The van der Waals surface area contributed by atoms with Crippen molar-refractivity contribution in [1.29, 1.82) is 0 Å². The van der Waals surface area contributed by atoms with E-state index in [-0.39, 0.29) is 11.9 Å². The highest BCUT2D eigenvalue weighted by molar-refractivity contribution is 6.29. The van der Waals surface area contributed by atoms with Crippen LogP contribution in [0.25, 0.3) is 0 Å². The summed E-state index contributed by atoms with van der Waals surface area (Å²) < 4.78 is 0. The van der Waals surface area contributed by atoms with Crippen molar-refractivity contribution in [1.82, 2.24) is 10.3 Å². The maximum atomic E-state index is 12.1. The van der Waals surface area contributed by atoms with E-state index >= 15 is 0 Å². The van der Waals surface area contributed by atoms with E-state index in [1.54, 1.807) is 12.1 Å². The Bertz CT molecular complexity index is 435. The first-order valence-corrected chi connectivity index (χ1v) is 7.02. The summed E-state index contributed by atoms with van der Waals surface area (Å²) in [6, 6.07) is 3.44. The fourth-order valence-electron chi connectivity index (χ4n) is 1.97. The highest BCUT2D eigenvalue weighted by atomic mass is 35.5. The Morgan fingerprint density at radius 2 is 2.05 bits per heavy atom. The van der Waals surface area contributed by atoms with Crippen LogP contribution in [0.1, 0.15) is 44.5 Å². The third-order valence-corrected chi connectivity index (χ3v) is 2.81. The zero-order valence-electron chi connectivity index (χ0n) is 12.0. The Balaban J connectivity index is 2.76. The minimum absolute atomic E-state index is 0.114. The molecule has 0 spiro atoms. The molecule has 1 amide bonds. The molecule has 1 heterocycles. The molecule has 2 N–H and O–H groups in total. The van der Waals surface area contributed by atoms with Crippen LogP contribution < -0.4 is 10.6 Å². The van der Waals surface area contributed by atoms with Crippen LogP contribution in [0.15, 0.2) is 12.1 Å². The van der Waals surface area contributed by atoms with Gasteiger partial charge in [-0.3, -0.25) is 4.79 Å². The molecule has 0 aliphatic carbocycles. The molecule has 0 saturated heterocycles. The molecule has 0 aliphatic heterocycles. The molecule has 5 heteroatoms. The van der Waals surface area contributed by atoms with Crippen molar-refractivity contribution < 1.29 is 4.79 Å². The van der Waals surface area contributed by atoms with Gasteiger partial charge in [-0.1, -0.05) is 25.4 Å². The van der Waals surface area contributed by atoms with Gasteiger partial charge in [0.05, 0.1) is 0 Å². The monoisotopic (exact) mass is 283 g/mol. The standard InChI is InChI=1S/C14H22ClN3O/c1-5-16-13-8-11(7-12(15)18-13)14(19)17-10(4)6-9(2)3/h7-10H,5-6H2,1-4H3,(H,16,18)(H,17,19). The number of halogens is 1. The third kappa shape index (κ3) is 5.47. The van der Waals surface area contributed by atoms with E-state index in [9.17, 15) is 4.79 Å². The molecular formula is C14H22ClN3O. The van der Waals surface area contributed by atoms with Crippen LogP contribution in [-0.2, 0) is 0 Å². The maximum absolute atomic E-state index is 12.1. The van der Waals surface area contributed by atoms with Crippen molar-refractivity contribution in [3.8, 4) is 0 Å². The maximum Gasteiger partial charge on any atom is 0.251 e. The molecule has 0 saturated carbocycles. The Kier molecular flexibility index (Phi) is 6.09. The lowest BCUT2D eigenvalue weighted by molar-refractivity contribution is 0.0936. The molecule has 0 aromatic carbocycles. The lowest BCUT2D eigenvalue weighted by Gasteiger charge is -2.16. The first-order valence-electron chi connectivity index (χ1n) is 6.64. The molecule has 1 aromatic rings. The minimum Gasteiger partial charge on any atom is -0.370 e. The topological polar surface area (TPSA) is 54.0 Å². The summed E-state index contributed by atoms with van der Waals surface area (Å²) in [6.45, 7) is 8.97. The number of nitrogens with zero attached hydrogens (tertiary/aromatic N) is 1. The smallest absolute Gasteiger partial charge is 0.251 e. The van der Waals surface area contributed by atoms with Crippen molar-refractivity contribution in [2.24, 2.45) is 5.92 Å². The van der Waals surface area contributed by atoms with Crippen LogP contribution in [0, 0.1) is 5.92 Å². The van der Waals surface area contributed by atoms with Crippen LogP contribution in [-0.4, -0.2) is 23.5 Å². The van der Waals surface area contributed by atoms with Crippen molar-refractivity contribution in [3.63, 3.8) is 0 Å². The quantitative estimate of drug-likeness (QED) is 0.788. The highest BCUT2D eigenvalue weighted by Crippen LogP contribution is 2.15. The predicted molar refractivity (Wildman–Crippen MR) is 79.8 cm³/mol. The fourth-order valence-corrected chi connectivity index (χ4v) is 2.18. The summed E-state index contributed by atoms with van der Waals surface area (Å²) in [6.07, 6.45) is 0.949. The molecule has 0 aliphatic rings. The van der Waals surface area contributed by atoms with Gasteiger partial charge in [-0.25, -0.2) is 4.98 Å². The van der Waals surface area contributed by atoms with Gasteiger partial charge in [0.15, 0.2) is 0 Å². The summed E-state index contributed by atoms with van der Waals surface area (Å²) in [4.78, 5) is 16.2. The Morgan fingerprint density at radius 3 is 2.63 bits per heavy atom. The first kappa shape index (κ1) is 15.8. The van der Waals surface area contributed by atoms with Gasteiger partial charge in [0.2, 0.25) is 0 Å². The Hall–Kier alpha value is -1.29. The van der Waals surface area contributed by atoms with Gasteiger partial charge in [0, 0.05) is 18.2 Å². The fraction of sp³-hybridized carbons (Fsp3) is 0.571. The number of pyridine rings is 1. The van der Waals surface area contributed by atoms with E-state index in [0.29, 0.717) is 22.5 Å². The van der Waals surface area contributed by atoms with Crippen molar-refractivity contribution in [2.75, 3.05) is 11.9 Å². The number of carbonyl (C=O) groups is 1. The molecule has 106 valence electrons. The van der Waals surface area contributed by atoms with Gasteiger partial charge in [0.25, 0.3) is 5.91 Å². The summed E-state index contributed by atoms with van der Waals surface area (Å²) in [5, 5.41) is 6.34. The third-order valence-electron chi connectivity index (χ3n) is 2.62. The Morgan fingerprint density at radius 1 is 1.37 bits per heavy atom. The minimum atomic E-state index is -0.114. The first-order chi connectivity index (χ1) is 8.92. The summed E-state index contributed by atoms with van der Waals surface area (Å²) in [7, 11) is 0. The number of aromatic nitrogens is 1. The number of nitrogens with one attached hydrogen (secondary N) is 2. The molecular weight excluding hydrogens is 262 g/mol. The van der Waals surface area contributed by atoms with Crippen molar-refractivity contribution in [2.45, 2.75) is 40.2 Å². The Labute approximate surface area is 120 Å². The number of hydrogen-bond donors (Lipinski definition) is 2. The number of hydrogen-bond acceptors (Lipinski definition) is 3. The number of rotatable bonds is 6. The molecule has 1 rings (SSSR count). The zero-order chi connectivity index (χ0) is 14.4. The highest BCUT2D eigenvalue weighted by Gasteiger charge is 2.13. The van der Waals surface area contributed by atoms with Gasteiger partial charge < -0.3 is 10.6 Å². The second-order valence-electron chi connectivity index (χ2n) is 5.10. The van der Waals surface area contributed by atoms with Gasteiger partial charge >= 0.3 is 0 Å². The zero-order valence-corrected chi connectivity index (χ0v) is 12.7. The van der Waals surface area contributed by atoms with Crippen LogP contribution in [0.5, 0.6) is 0 Å².